The van der Waals surface area contributed by atoms with E-state index in [0.29, 0.717) is 28.8 Å². The Kier molecular flexibility index (Phi) is 8.86. The molecule has 0 fully saturated rings. The molecule has 2 aromatic rings. The van der Waals surface area contributed by atoms with Gasteiger partial charge in [0.2, 0.25) is 5.91 Å². The molecule has 7 nitrogen and oxygen atoms in total. The van der Waals surface area contributed by atoms with Crippen LogP contribution in [0.25, 0.3) is 0 Å². The fourth-order valence-corrected chi connectivity index (χ4v) is 3.22. The number of rotatable bonds is 9. The summed E-state index contributed by atoms with van der Waals surface area (Å²) in [4.78, 5) is 38.1. The average molecular weight is 477 g/mol. The van der Waals surface area contributed by atoms with Crippen LogP contribution in [0.4, 0.5) is 5.69 Å². The molecule has 0 unspecified atom stereocenters. The predicted molar refractivity (Wildman–Crippen MR) is 118 cm³/mol. The standard InChI is InChI=1S/C22H25BrN2O5/c1-4-11-25(13-20(26)24-18-8-6-5-7-15(18)2)21(27)14-30-19-10-9-16(12-17(19)23)22(28)29-3/h5-10,12H,4,11,13-14H2,1-3H3,(H,24,26). The summed E-state index contributed by atoms with van der Waals surface area (Å²) in [6, 6.07) is 12.2. The molecule has 2 rings (SSSR count). The summed E-state index contributed by atoms with van der Waals surface area (Å²) in [5.41, 5.74) is 2.03. The number of ether oxygens (including phenoxy) is 2. The SMILES string of the molecule is CCCN(CC(=O)Nc1ccccc1C)C(=O)COc1ccc(C(=O)OC)cc1Br. The fraction of sp³-hybridized carbons (Fsp3) is 0.318. The number of amides is 2. The first-order valence-corrected chi connectivity index (χ1v) is 10.3. The van der Waals surface area contributed by atoms with Crippen LogP contribution < -0.4 is 10.1 Å². The highest BCUT2D eigenvalue weighted by Crippen LogP contribution is 2.26. The van der Waals surface area contributed by atoms with E-state index in [2.05, 4.69) is 26.0 Å². The lowest BCUT2D eigenvalue weighted by atomic mass is 10.2. The number of benzene rings is 2. The van der Waals surface area contributed by atoms with Crippen molar-refractivity contribution in [2.45, 2.75) is 20.3 Å². The molecule has 0 atom stereocenters. The van der Waals surface area contributed by atoms with Crippen molar-refractivity contribution < 1.29 is 23.9 Å². The molecule has 2 aromatic carbocycles. The van der Waals surface area contributed by atoms with Gasteiger partial charge in [0, 0.05) is 12.2 Å². The third-order valence-electron chi connectivity index (χ3n) is 4.30. The quantitative estimate of drug-likeness (QED) is 0.556. The zero-order valence-corrected chi connectivity index (χ0v) is 18.8. The number of carbonyl (C=O) groups excluding carboxylic acids is 3. The number of nitrogens with zero attached hydrogens (tertiary/aromatic N) is 1. The number of para-hydroxylation sites is 1. The van der Waals surface area contributed by atoms with E-state index in [1.54, 1.807) is 18.2 Å². The molecule has 0 aliphatic carbocycles. The molecule has 0 saturated heterocycles. The molecule has 0 aliphatic heterocycles. The second-order valence-corrected chi connectivity index (χ2v) is 7.46. The molecular formula is C22H25BrN2O5. The molecule has 2 amide bonds. The van der Waals surface area contributed by atoms with Crippen molar-refractivity contribution in [1.82, 2.24) is 4.90 Å². The summed E-state index contributed by atoms with van der Waals surface area (Å²) in [5.74, 6) is -0.626. The summed E-state index contributed by atoms with van der Waals surface area (Å²) < 4.78 is 10.8. The number of methoxy groups -OCH3 is 1. The minimum Gasteiger partial charge on any atom is -0.483 e. The topological polar surface area (TPSA) is 84.9 Å². The number of halogens is 1. The Morgan fingerprint density at radius 2 is 1.87 bits per heavy atom. The molecular weight excluding hydrogens is 452 g/mol. The highest BCUT2D eigenvalue weighted by molar-refractivity contribution is 9.10. The second-order valence-electron chi connectivity index (χ2n) is 6.60. The van der Waals surface area contributed by atoms with Gasteiger partial charge in [-0.1, -0.05) is 25.1 Å². The second kappa shape index (κ2) is 11.3. The summed E-state index contributed by atoms with van der Waals surface area (Å²) in [5, 5.41) is 2.83. The Balaban J connectivity index is 1.97. The van der Waals surface area contributed by atoms with Gasteiger partial charge < -0.3 is 19.7 Å². The van der Waals surface area contributed by atoms with Crippen LogP contribution in [0.3, 0.4) is 0 Å². The smallest absolute Gasteiger partial charge is 0.337 e. The number of anilines is 1. The van der Waals surface area contributed by atoms with Crippen molar-refractivity contribution >= 4 is 39.4 Å². The molecule has 0 heterocycles. The third-order valence-corrected chi connectivity index (χ3v) is 4.92. The van der Waals surface area contributed by atoms with Crippen LogP contribution >= 0.6 is 15.9 Å². The van der Waals surface area contributed by atoms with Gasteiger partial charge in [-0.05, 0) is 59.1 Å². The maximum atomic E-state index is 12.6. The lowest BCUT2D eigenvalue weighted by molar-refractivity contribution is -0.136. The van der Waals surface area contributed by atoms with Crippen molar-refractivity contribution in [3.05, 3.63) is 58.1 Å². The van der Waals surface area contributed by atoms with Crippen LogP contribution in [0.5, 0.6) is 5.75 Å². The number of esters is 1. The van der Waals surface area contributed by atoms with Crippen molar-refractivity contribution in [3.8, 4) is 5.75 Å². The summed E-state index contributed by atoms with van der Waals surface area (Å²) >= 11 is 3.32. The average Bonchev–Trinajstić information content (AvgIpc) is 2.73. The summed E-state index contributed by atoms with van der Waals surface area (Å²) in [7, 11) is 1.30. The van der Waals surface area contributed by atoms with E-state index < -0.39 is 5.97 Å². The first kappa shape index (κ1) is 23.4. The minimum absolute atomic E-state index is 0.0627. The van der Waals surface area contributed by atoms with Gasteiger partial charge in [0.15, 0.2) is 6.61 Å². The molecule has 0 radical (unpaired) electrons. The van der Waals surface area contributed by atoms with E-state index in [0.717, 1.165) is 11.3 Å². The Hall–Kier alpha value is -2.87. The monoisotopic (exact) mass is 476 g/mol. The lowest BCUT2D eigenvalue weighted by Gasteiger charge is -2.22. The maximum absolute atomic E-state index is 12.6. The molecule has 8 heteroatoms. The van der Waals surface area contributed by atoms with E-state index in [4.69, 9.17) is 4.74 Å². The first-order chi connectivity index (χ1) is 14.3. The fourth-order valence-electron chi connectivity index (χ4n) is 2.73. The number of carbonyl (C=O) groups is 3. The molecule has 0 spiro atoms. The third kappa shape index (κ3) is 6.59. The van der Waals surface area contributed by atoms with Crippen LogP contribution in [0, 0.1) is 6.92 Å². The number of nitrogens with one attached hydrogen (secondary N) is 1. The van der Waals surface area contributed by atoms with Crippen molar-refractivity contribution in [2.75, 3.05) is 32.1 Å². The molecule has 160 valence electrons. The minimum atomic E-state index is -0.466. The van der Waals surface area contributed by atoms with Gasteiger partial charge in [-0.15, -0.1) is 0 Å². The zero-order valence-electron chi connectivity index (χ0n) is 17.2. The molecule has 1 N–H and O–H groups in total. The highest BCUT2D eigenvalue weighted by atomic mass is 79.9. The van der Waals surface area contributed by atoms with Gasteiger partial charge >= 0.3 is 5.97 Å². The van der Waals surface area contributed by atoms with E-state index >= 15 is 0 Å². The molecule has 0 bridgehead atoms. The van der Waals surface area contributed by atoms with Crippen LogP contribution in [-0.4, -0.2) is 49.5 Å². The van der Waals surface area contributed by atoms with Gasteiger partial charge in [-0.3, -0.25) is 9.59 Å². The number of hydrogen-bond acceptors (Lipinski definition) is 5. The molecule has 30 heavy (non-hydrogen) atoms. The van der Waals surface area contributed by atoms with Gasteiger partial charge in [-0.2, -0.15) is 0 Å². The summed E-state index contributed by atoms with van der Waals surface area (Å²) in [6.45, 7) is 3.98. The molecule has 0 saturated carbocycles. The van der Waals surface area contributed by atoms with Gasteiger partial charge in [0.25, 0.3) is 5.91 Å². The Morgan fingerprint density at radius 3 is 2.50 bits per heavy atom. The van der Waals surface area contributed by atoms with E-state index in [1.807, 2.05) is 38.1 Å². The zero-order chi connectivity index (χ0) is 22.1. The van der Waals surface area contributed by atoms with Gasteiger partial charge in [0.05, 0.1) is 23.7 Å². The van der Waals surface area contributed by atoms with E-state index in [1.165, 1.54) is 12.0 Å². The first-order valence-electron chi connectivity index (χ1n) is 9.49. The largest absolute Gasteiger partial charge is 0.483 e. The number of hydrogen-bond donors (Lipinski definition) is 1. The van der Waals surface area contributed by atoms with Crippen molar-refractivity contribution in [1.29, 1.82) is 0 Å². The normalized spacial score (nSPS) is 10.3. The van der Waals surface area contributed by atoms with Crippen molar-refractivity contribution in [3.63, 3.8) is 0 Å². The molecule has 0 aliphatic rings. The Morgan fingerprint density at radius 1 is 1.13 bits per heavy atom. The maximum Gasteiger partial charge on any atom is 0.337 e. The Labute approximate surface area is 184 Å². The van der Waals surface area contributed by atoms with Crippen molar-refractivity contribution in [2.24, 2.45) is 0 Å². The van der Waals surface area contributed by atoms with Gasteiger partial charge in [0.1, 0.15) is 5.75 Å². The number of aryl methyl sites for hydroxylation is 1. The lowest BCUT2D eigenvalue weighted by Crippen LogP contribution is -2.41. The highest BCUT2D eigenvalue weighted by Gasteiger charge is 2.18. The van der Waals surface area contributed by atoms with E-state index in [9.17, 15) is 14.4 Å². The van der Waals surface area contributed by atoms with Gasteiger partial charge in [-0.25, -0.2) is 4.79 Å². The summed E-state index contributed by atoms with van der Waals surface area (Å²) in [6.07, 6.45) is 0.709. The Bertz CT molecular complexity index is 916. The van der Waals surface area contributed by atoms with Crippen LogP contribution in [0.15, 0.2) is 46.9 Å². The van der Waals surface area contributed by atoms with Crippen LogP contribution in [0.1, 0.15) is 29.3 Å². The predicted octanol–water partition coefficient (Wildman–Crippen LogP) is 3.80. The molecule has 0 aromatic heterocycles. The van der Waals surface area contributed by atoms with E-state index in [-0.39, 0.29) is 25.0 Å². The van der Waals surface area contributed by atoms with Crippen LogP contribution in [-0.2, 0) is 14.3 Å². The van der Waals surface area contributed by atoms with Crippen LogP contribution in [0.2, 0.25) is 0 Å².